The lowest BCUT2D eigenvalue weighted by Crippen LogP contribution is -2.35. The first-order valence-corrected chi connectivity index (χ1v) is 7.62. The number of likely N-dealkylation sites (N-methyl/N-ethyl adjacent to an activating group) is 1. The summed E-state index contributed by atoms with van der Waals surface area (Å²) in [5.41, 5.74) is 2.39. The monoisotopic (exact) mass is 332 g/mol. The number of carbonyl (C=O) groups is 2. The third kappa shape index (κ3) is 3.51. The highest BCUT2D eigenvalue weighted by atomic mass is 16.2. The van der Waals surface area contributed by atoms with Gasteiger partial charge in [0.2, 0.25) is 5.91 Å². The predicted molar refractivity (Wildman–Crippen MR) is 96.1 cm³/mol. The van der Waals surface area contributed by atoms with E-state index in [1.54, 1.807) is 49.6 Å². The number of anilines is 1. The van der Waals surface area contributed by atoms with Crippen molar-refractivity contribution in [2.75, 3.05) is 18.9 Å². The second kappa shape index (κ2) is 6.89. The SMILES string of the molecule is C#Cc1cccc(NC(=O)CN(C)C(=O)c2cccc3cn[nH]c23)c1. The van der Waals surface area contributed by atoms with Gasteiger partial charge in [-0.25, -0.2) is 0 Å². The van der Waals surface area contributed by atoms with Crippen LogP contribution in [0.3, 0.4) is 0 Å². The highest BCUT2D eigenvalue weighted by Gasteiger charge is 2.18. The molecule has 1 aromatic heterocycles. The van der Waals surface area contributed by atoms with Crippen LogP contribution < -0.4 is 5.32 Å². The molecule has 6 heteroatoms. The van der Waals surface area contributed by atoms with Crippen molar-refractivity contribution in [1.29, 1.82) is 0 Å². The second-order valence-corrected chi connectivity index (χ2v) is 5.57. The van der Waals surface area contributed by atoms with Gasteiger partial charge in [0.05, 0.1) is 23.8 Å². The van der Waals surface area contributed by atoms with Crippen molar-refractivity contribution >= 4 is 28.4 Å². The maximum Gasteiger partial charge on any atom is 0.256 e. The molecule has 0 aliphatic heterocycles. The Kier molecular flexibility index (Phi) is 4.48. The van der Waals surface area contributed by atoms with E-state index in [0.29, 0.717) is 22.3 Å². The summed E-state index contributed by atoms with van der Waals surface area (Å²) < 4.78 is 0. The van der Waals surface area contributed by atoms with E-state index in [1.807, 2.05) is 6.07 Å². The Bertz CT molecular complexity index is 984. The number of carbonyl (C=O) groups excluding carboxylic acids is 2. The van der Waals surface area contributed by atoms with Crippen molar-refractivity contribution in [3.05, 3.63) is 59.8 Å². The van der Waals surface area contributed by atoms with E-state index in [-0.39, 0.29) is 18.4 Å². The van der Waals surface area contributed by atoms with Gasteiger partial charge in [-0.2, -0.15) is 5.10 Å². The van der Waals surface area contributed by atoms with E-state index in [2.05, 4.69) is 21.4 Å². The number of benzene rings is 2. The van der Waals surface area contributed by atoms with Crippen molar-refractivity contribution in [2.45, 2.75) is 0 Å². The van der Waals surface area contributed by atoms with Crippen LogP contribution in [-0.2, 0) is 4.79 Å². The van der Waals surface area contributed by atoms with Crippen LogP contribution in [0, 0.1) is 12.3 Å². The standard InChI is InChI=1S/C19H16N4O2/c1-3-13-6-4-8-15(10-13)21-17(24)12-23(2)19(25)16-9-5-7-14-11-20-22-18(14)16/h1,4-11H,12H2,2H3,(H,20,22)(H,21,24). The molecule has 1 heterocycles. The molecule has 124 valence electrons. The molecule has 0 atom stereocenters. The fourth-order valence-electron chi connectivity index (χ4n) is 2.53. The lowest BCUT2D eigenvalue weighted by atomic mass is 10.1. The highest BCUT2D eigenvalue weighted by Crippen LogP contribution is 2.17. The van der Waals surface area contributed by atoms with E-state index in [1.165, 1.54) is 4.90 Å². The first-order chi connectivity index (χ1) is 12.1. The number of rotatable bonds is 4. The van der Waals surface area contributed by atoms with Crippen LogP contribution in [0.5, 0.6) is 0 Å². The zero-order chi connectivity index (χ0) is 17.8. The van der Waals surface area contributed by atoms with Gasteiger partial charge in [-0.1, -0.05) is 24.1 Å². The molecule has 0 aliphatic carbocycles. The van der Waals surface area contributed by atoms with E-state index in [9.17, 15) is 9.59 Å². The molecule has 0 aliphatic rings. The van der Waals surface area contributed by atoms with E-state index in [0.717, 1.165) is 5.39 Å². The number of aromatic amines is 1. The second-order valence-electron chi connectivity index (χ2n) is 5.57. The van der Waals surface area contributed by atoms with E-state index in [4.69, 9.17) is 6.42 Å². The average Bonchev–Trinajstić information content (AvgIpc) is 3.09. The number of H-pyrrole nitrogens is 1. The fourth-order valence-corrected chi connectivity index (χ4v) is 2.53. The zero-order valence-corrected chi connectivity index (χ0v) is 13.6. The van der Waals surface area contributed by atoms with Gasteiger partial charge in [-0.05, 0) is 24.3 Å². The fraction of sp³-hybridized carbons (Fsp3) is 0.105. The minimum absolute atomic E-state index is 0.0797. The van der Waals surface area contributed by atoms with Crippen molar-refractivity contribution in [1.82, 2.24) is 15.1 Å². The third-order valence-corrected chi connectivity index (χ3v) is 3.75. The van der Waals surface area contributed by atoms with Crippen LogP contribution in [0.2, 0.25) is 0 Å². The summed E-state index contributed by atoms with van der Waals surface area (Å²) in [6.07, 6.45) is 7.00. The molecular weight excluding hydrogens is 316 g/mol. The van der Waals surface area contributed by atoms with Gasteiger partial charge >= 0.3 is 0 Å². The normalized spacial score (nSPS) is 10.2. The lowest BCUT2D eigenvalue weighted by Gasteiger charge is -2.17. The molecule has 0 radical (unpaired) electrons. The Labute approximate surface area is 144 Å². The molecule has 0 fully saturated rings. The van der Waals surface area contributed by atoms with Gasteiger partial charge < -0.3 is 10.2 Å². The number of nitrogens with one attached hydrogen (secondary N) is 2. The number of hydrogen-bond acceptors (Lipinski definition) is 3. The lowest BCUT2D eigenvalue weighted by molar-refractivity contribution is -0.116. The van der Waals surface area contributed by atoms with Gasteiger partial charge in [0.25, 0.3) is 5.91 Å². The Balaban J connectivity index is 1.70. The number of aromatic nitrogens is 2. The van der Waals surface area contributed by atoms with Crippen molar-refractivity contribution in [3.63, 3.8) is 0 Å². The molecular formula is C19H16N4O2. The number of nitrogens with zero attached hydrogens (tertiary/aromatic N) is 2. The quantitative estimate of drug-likeness (QED) is 0.719. The molecule has 0 unspecified atom stereocenters. The van der Waals surface area contributed by atoms with E-state index >= 15 is 0 Å². The van der Waals surface area contributed by atoms with Crippen LogP contribution in [0.15, 0.2) is 48.7 Å². The average molecular weight is 332 g/mol. The summed E-state index contributed by atoms with van der Waals surface area (Å²) >= 11 is 0. The third-order valence-electron chi connectivity index (χ3n) is 3.75. The predicted octanol–water partition coefficient (Wildman–Crippen LogP) is 2.25. The Morgan fingerprint density at radius 3 is 2.88 bits per heavy atom. The van der Waals surface area contributed by atoms with Crippen LogP contribution in [0.1, 0.15) is 15.9 Å². The van der Waals surface area contributed by atoms with Crippen LogP contribution in [-0.4, -0.2) is 40.5 Å². The highest BCUT2D eigenvalue weighted by molar-refractivity contribution is 6.06. The summed E-state index contributed by atoms with van der Waals surface area (Å²) in [5.74, 6) is 1.94. The number of hydrogen-bond donors (Lipinski definition) is 2. The number of amides is 2. The molecule has 6 nitrogen and oxygen atoms in total. The molecule has 0 spiro atoms. The van der Waals surface area contributed by atoms with Gasteiger partial charge in [0.15, 0.2) is 0 Å². The molecule has 3 rings (SSSR count). The molecule has 25 heavy (non-hydrogen) atoms. The minimum Gasteiger partial charge on any atom is -0.332 e. The largest absolute Gasteiger partial charge is 0.332 e. The van der Waals surface area contributed by atoms with Crippen LogP contribution in [0.4, 0.5) is 5.69 Å². The Morgan fingerprint density at radius 1 is 1.28 bits per heavy atom. The summed E-state index contributed by atoms with van der Waals surface area (Å²) in [6.45, 7) is -0.0797. The van der Waals surface area contributed by atoms with Gasteiger partial charge in [-0.3, -0.25) is 14.7 Å². The first-order valence-electron chi connectivity index (χ1n) is 7.62. The minimum atomic E-state index is -0.304. The summed E-state index contributed by atoms with van der Waals surface area (Å²) in [6, 6.07) is 12.3. The zero-order valence-electron chi connectivity index (χ0n) is 13.6. The number of fused-ring (bicyclic) bond motifs is 1. The van der Waals surface area contributed by atoms with Crippen molar-refractivity contribution in [2.24, 2.45) is 0 Å². The maximum absolute atomic E-state index is 12.6. The Morgan fingerprint density at radius 2 is 2.08 bits per heavy atom. The van der Waals surface area contributed by atoms with Crippen molar-refractivity contribution < 1.29 is 9.59 Å². The topological polar surface area (TPSA) is 78.1 Å². The van der Waals surface area contributed by atoms with E-state index < -0.39 is 0 Å². The van der Waals surface area contributed by atoms with Gasteiger partial charge in [0, 0.05) is 23.7 Å². The first kappa shape index (κ1) is 16.3. The molecule has 0 bridgehead atoms. The number of terminal acetylenes is 1. The smallest absolute Gasteiger partial charge is 0.256 e. The van der Waals surface area contributed by atoms with Crippen LogP contribution in [0.25, 0.3) is 10.9 Å². The summed E-state index contributed by atoms with van der Waals surface area (Å²) in [5, 5.41) is 10.3. The molecule has 2 N–H and O–H groups in total. The summed E-state index contributed by atoms with van der Waals surface area (Å²) in [4.78, 5) is 26.2. The Hall–Kier alpha value is -3.59. The van der Waals surface area contributed by atoms with Gasteiger partial charge in [0.1, 0.15) is 0 Å². The number of para-hydroxylation sites is 1. The van der Waals surface area contributed by atoms with Crippen molar-refractivity contribution in [3.8, 4) is 12.3 Å². The molecule has 3 aromatic rings. The van der Waals surface area contributed by atoms with Gasteiger partial charge in [-0.15, -0.1) is 6.42 Å². The molecule has 2 aromatic carbocycles. The maximum atomic E-state index is 12.6. The molecule has 0 saturated carbocycles. The summed E-state index contributed by atoms with van der Waals surface area (Å²) in [7, 11) is 1.58. The molecule has 2 amide bonds. The van der Waals surface area contributed by atoms with Crippen LogP contribution >= 0.6 is 0 Å². The molecule has 0 saturated heterocycles.